The summed E-state index contributed by atoms with van der Waals surface area (Å²) in [4.78, 5) is 14.4. The summed E-state index contributed by atoms with van der Waals surface area (Å²) < 4.78 is 5.32. The summed E-state index contributed by atoms with van der Waals surface area (Å²) in [6.07, 6.45) is 1.31. The number of ketones is 1. The zero-order valence-electron chi connectivity index (χ0n) is 11.4. The minimum Gasteiger partial charge on any atom is -0.380 e. The zero-order valence-corrected chi connectivity index (χ0v) is 11.4. The van der Waals surface area contributed by atoms with Crippen molar-refractivity contribution in [3.05, 3.63) is 34.9 Å². The molecule has 1 unspecified atom stereocenters. The van der Waals surface area contributed by atoms with E-state index in [-0.39, 0.29) is 11.9 Å². The summed E-state index contributed by atoms with van der Waals surface area (Å²) in [7, 11) is 1.74. The number of hydrogen-bond donors (Lipinski definition) is 0. The van der Waals surface area contributed by atoms with E-state index in [0.29, 0.717) is 6.54 Å². The van der Waals surface area contributed by atoms with Gasteiger partial charge in [-0.3, -0.25) is 9.69 Å². The van der Waals surface area contributed by atoms with Gasteiger partial charge in [-0.15, -0.1) is 0 Å². The molecular formula is C15H21NO2. The van der Waals surface area contributed by atoms with E-state index in [9.17, 15) is 4.79 Å². The Balaban J connectivity index is 2.00. The van der Waals surface area contributed by atoms with E-state index in [4.69, 9.17) is 4.74 Å². The third kappa shape index (κ3) is 2.98. The molecule has 2 rings (SSSR count). The molecule has 18 heavy (non-hydrogen) atoms. The van der Waals surface area contributed by atoms with Crippen LogP contribution in [0.5, 0.6) is 0 Å². The lowest BCUT2D eigenvalue weighted by molar-refractivity contribution is 0.0898. The Bertz CT molecular complexity index is 442. The first-order valence-corrected chi connectivity index (χ1v) is 6.45. The number of hydrogen-bond acceptors (Lipinski definition) is 3. The third-order valence-electron chi connectivity index (χ3n) is 3.61. The Kier molecular flexibility index (Phi) is 4.15. The summed E-state index contributed by atoms with van der Waals surface area (Å²) in [6, 6.07) is 6.01. The molecule has 0 spiro atoms. The molecule has 1 aromatic rings. The van der Waals surface area contributed by atoms with Crippen molar-refractivity contribution in [3.8, 4) is 0 Å². The monoisotopic (exact) mass is 247 g/mol. The summed E-state index contributed by atoms with van der Waals surface area (Å²) in [5, 5.41) is 0. The number of nitrogens with zero attached hydrogens (tertiary/aromatic N) is 1. The number of benzene rings is 1. The van der Waals surface area contributed by atoms with Gasteiger partial charge in [-0.25, -0.2) is 0 Å². The van der Waals surface area contributed by atoms with E-state index < -0.39 is 0 Å². The Labute approximate surface area is 109 Å². The standard InChI is InChI=1S/C15H21NO2/c1-11-4-5-14(12(2)8-11)15(17)10-16-7-6-13(9-16)18-3/h4-5,8,13H,6-7,9-10H2,1-3H3. The number of methoxy groups -OCH3 is 1. The van der Waals surface area contributed by atoms with Crippen molar-refractivity contribution in [2.45, 2.75) is 26.4 Å². The predicted octanol–water partition coefficient (Wildman–Crippen LogP) is 2.21. The van der Waals surface area contributed by atoms with Gasteiger partial charge in [-0.05, 0) is 25.8 Å². The van der Waals surface area contributed by atoms with Crippen LogP contribution in [0.2, 0.25) is 0 Å². The first-order valence-electron chi connectivity index (χ1n) is 6.45. The molecule has 0 bridgehead atoms. The molecule has 1 fully saturated rings. The van der Waals surface area contributed by atoms with Gasteiger partial charge in [-0.2, -0.15) is 0 Å². The van der Waals surface area contributed by atoms with Crippen molar-refractivity contribution in [1.29, 1.82) is 0 Å². The van der Waals surface area contributed by atoms with Crippen molar-refractivity contribution in [1.82, 2.24) is 4.90 Å². The second kappa shape index (κ2) is 5.63. The maximum Gasteiger partial charge on any atom is 0.177 e. The fourth-order valence-electron chi connectivity index (χ4n) is 2.55. The highest BCUT2D eigenvalue weighted by Gasteiger charge is 2.24. The largest absolute Gasteiger partial charge is 0.380 e. The molecule has 3 heteroatoms. The molecule has 1 aliphatic rings. The summed E-state index contributed by atoms with van der Waals surface area (Å²) in [6.45, 7) is 6.37. The van der Waals surface area contributed by atoms with Crippen molar-refractivity contribution < 1.29 is 9.53 Å². The minimum absolute atomic E-state index is 0.212. The Morgan fingerprint density at radius 1 is 1.44 bits per heavy atom. The van der Waals surface area contributed by atoms with Gasteiger partial charge in [-0.1, -0.05) is 23.8 Å². The average Bonchev–Trinajstić information content (AvgIpc) is 2.76. The zero-order chi connectivity index (χ0) is 13.1. The van der Waals surface area contributed by atoms with Crippen LogP contribution in [0, 0.1) is 13.8 Å². The maximum atomic E-state index is 12.2. The van der Waals surface area contributed by atoms with Gasteiger partial charge in [0, 0.05) is 25.8 Å². The Hall–Kier alpha value is -1.19. The first kappa shape index (κ1) is 13.2. The van der Waals surface area contributed by atoms with Gasteiger partial charge >= 0.3 is 0 Å². The molecule has 3 nitrogen and oxygen atoms in total. The molecule has 0 aliphatic carbocycles. The second-order valence-corrected chi connectivity index (χ2v) is 5.12. The predicted molar refractivity (Wildman–Crippen MR) is 72.1 cm³/mol. The molecule has 1 heterocycles. The number of carbonyl (C=O) groups excluding carboxylic acids is 1. The number of likely N-dealkylation sites (tertiary alicyclic amines) is 1. The summed E-state index contributed by atoms with van der Waals surface area (Å²) in [5.41, 5.74) is 3.12. The van der Waals surface area contributed by atoms with E-state index in [1.54, 1.807) is 7.11 Å². The highest BCUT2D eigenvalue weighted by Crippen LogP contribution is 2.15. The van der Waals surface area contributed by atoms with Crippen molar-refractivity contribution in [2.75, 3.05) is 26.7 Å². The molecule has 0 aromatic heterocycles. The van der Waals surface area contributed by atoms with Gasteiger partial charge in [0.1, 0.15) is 0 Å². The van der Waals surface area contributed by atoms with Crippen LogP contribution in [0.15, 0.2) is 18.2 Å². The number of aryl methyl sites for hydroxylation is 2. The van der Waals surface area contributed by atoms with E-state index in [0.717, 1.165) is 30.6 Å². The van der Waals surface area contributed by atoms with E-state index >= 15 is 0 Å². The normalized spacial score (nSPS) is 20.3. The second-order valence-electron chi connectivity index (χ2n) is 5.12. The van der Waals surface area contributed by atoms with Crippen LogP contribution >= 0.6 is 0 Å². The van der Waals surface area contributed by atoms with Crippen LogP contribution in [0.25, 0.3) is 0 Å². The van der Waals surface area contributed by atoms with E-state index in [2.05, 4.69) is 11.0 Å². The SMILES string of the molecule is COC1CCN(CC(=O)c2ccc(C)cc2C)C1. The third-order valence-corrected chi connectivity index (χ3v) is 3.61. The van der Waals surface area contributed by atoms with Gasteiger partial charge in [0.25, 0.3) is 0 Å². The minimum atomic E-state index is 0.212. The first-order chi connectivity index (χ1) is 8.60. The molecular weight excluding hydrogens is 226 g/mol. The molecule has 0 saturated carbocycles. The molecule has 0 N–H and O–H groups in total. The van der Waals surface area contributed by atoms with Crippen molar-refractivity contribution in [2.24, 2.45) is 0 Å². The number of carbonyl (C=O) groups is 1. The van der Waals surface area contributed by atoms with Gasteiger partial charge in [0.05, 0.1) is 12.6 Å². The lowest BCUT2D eigenvalue weighted by Crippen LogP contribution is -2.29. The molecule has 0 radical (unpaired) electrons. The number of Topliss-reactive ketones (excluding diaryl/α,β-unsaturated/α-hetero) is 1. The van der Waals surface area contributed by atoms with Crippen LogP contribution in [0.1, 0.15) is 27.9 Å². The molecule has 1 aromatic carbocycles. The molecule has 0 amide bonds. The molecule has 1 saturated heterocycles. The Morgan fingerprint density at radius 2 is 2.22 bits per heavy atom. The summed E-state index contributed by atoms with van der Waals surface area (Å²) in [5.74, 6) is 0.212. The fourth-order valence-corrected chi connectivity index (χ4v) is 2.55. The molecule has 1 atom stereocenters. The number of rotatable bonds is 4. The smallest absolute Gasteiger partial charge is 0.177 e. The molecule has 98 valence electrons. The van der Waals surface area contributed by atoms with Crippen LogP contribution in [0.3, 0.4) is 0 Å². The van der Waals surface area contributed by atoms with E-state index in [1.807, 2.05) is 26.0 Å². The highest BCUT2D eigenvalue weighted by atomic mass is 16.5. The number of ether oxygens (including phenoxy) is 1. The lowest BCUT2D eigenvalue weighted by atomic mass is 10.0. The van der Waals surface area contributed by atoms with Crippen LogP contribution in [-0.4, -0.2) is 43.5 Å². The topological polar surface area (TPSA) is 29.5 Å². The van der Waals surface area contributed by atoms with Gasteiger partial charge in [0.2, 0.25) is 0 Å². The van der Waals surface area contributed by atoms with Crippen LogP contribution in [-0.2, 0) is 4.74 Å². The highest BCUT2D eigenvalue weighted by molar-refractivity contribution is 5.99. The van der Waals surface area contributed by atoms with Crippen molar-refractivity contribution >= 4 is 5.78 Å². The quantitative estimate of drug-likeness (QED) is 0.764. The van der Waals surface area contributed by atoms with Gasteiger partial charge in [0.15, 0.2) is 5.78 Å². The van der Waals surface area contributed by atoms with E-state index in [1.165, 1.54) is 5.56 Å². The maximum absolute atomic E-state index is 12.2. The summed E-state index contributed by atoms with van der Waals surface area (Å²) >= 11 is 0. The van der Waals surface area contributed by atoms with Crippen LogP contribution in [0.4, 0.5) is 0 Å². The van der Waals surface area contributed by atoms with Gasteiger partial charge < -0.3 is 4.74 Å². The van der Waals surface area contributed by atoms with Crippen LogP contribution < -0.4 is 0 Å². The molecule has 1 aliphatic heterocycles. The average molecular weight is 247 g/mol. The van der Waals surface area contributed by atoms with Crippen molar-refractivity contribution in [3.63, 3.8) is 0 Å². The Morgan fingerprint density at radius 3 is 2.83 bits per heavy atom. The fraction of sp³-hybridized carbons (Fsp3) is 0.533. The lowest BCUT2D eigenvalue weighted by Gasteiger charge is -2.15.